The first-order valence-corrected chi connectivity index (χ1v) is 13.7. The van der Waals surface area contributed by atoms with Gasteiger partial charge in [-0.3, -0.25) is 19.2 Å². The van der Waals surface area contributed by atoms with Crippen molar-refractivity contribution < 1.29 is 28.3 Å². The van der Waals surface area contributed by atoms with E-state index in [4.69, 9.17) is 4.74 Å². The number of nitrogens with zero attached hydrogens (tertiary/aromatic N) is 3. The van der Waals surface area contributed by atoms with Gasteiger partial charge in [0.25, 0.3) is 11.8 Å². The van der Waals surface area contributed by atoms with Gasteiger partial charge in [-0.1, -0.05) is 18.2 Å². The van der Waals surface area contributed by atoms with Crippen LogP contribution in [0.3, 0.4) is 0 Å². The number of halogens is 1. The molecule has 1 aliphatic carbocycles. The van der Waals surface area contributed by atoms with E-state index >= 15 is 0 Å². The summed E-state index contributed by atoms with van der Waals surface area (Å²) in [5.74, 6) is -1.32. The normalized spacial score (nSPS) is 17.4. The van der Waals surface area contributed by atoms with Crippen molar-refractivity contribution in [3.05, 3.63) is 93.2 Å². The number of hydrogen-bond donors (Lipinski definition) is 2. The fraction of sp³-hybridized carbons (Fsp3) is 0.290. The highest BCUT2D eigenvalue weighted by molar-refractivity contribution is 5.99. The molecule has 2 amide bonds. The molecule has 0 spiro atoms. The van der Waals surface area contributed by atoms with Crippen LogP contribution >= 0.6 is 0 Å². The van der Waals surface area contributed by atoms with E-state index in [0.29, 0.717) is 24.2 Å². The van der Waals surface area contributed by atoms with Crippen LogP contribution in [0.1, 0.15) is 85.5 Å². The van der Waals surface area contributed by atoms with Gasteiger partial charge in [-0.15, -0.1) is 0 Å². The van der Waals surface area contributed by atoms with Crippen LogP contribution in [0, 0.1) is 12.7 Å². The minimum Gasteiger partial charge on any atom is -0.483 e. The van der Waals surface area contributed by atoms with Gasteiger partial charge in [0.15, 0.2) is 29.1 Å². The number of carbonyl (C=O) groups excluding carboxylic acids is 4. The molecule has 0 fully saturated rings. The van der Waals surface area contributed by atoms with Gasteiger partial charge in [0, 0.05) is 30.2 Å². The Kier molecular flexibility index (Phi) is 6.80. The Labute approximate surface area is 240 Å². The Hall–Kier alpha value is -4.93. The molecule has 2 aromatic carbocycles. The average molecular weight is 570 g/mol. The van der Waals surface area contributed by atoms with Crippen LogP contribution in [-0.4, -0.2) is 44.1 Å². The molecule has 0 saturated heterocycles. The van der Waals surface area contributed by atoms with Gasteiger partial charge in [-0.25, -0.2) is 13.9 Å². The molecular formula is C31H28FN5O5. The van der Waals surface area contributed by atoms with E-state index in [-0.39, 0.29) is 47.6 Å². The minimum atomic E-state index is -0.772. The fourth-order valence-electron chi connectivity index (χ4n) is 5.71. The minimum absolute atomic E-state index is 0.0150. The molecule has 2 atom stereocenters. The molecule has 2 N–H and O–H groups in total. The molecule has 0 radical (unpaired) electrons. The number of carbonyl (C=O) groups is 4. The predicted molar refractivity (Wildman–Crippen MR) is 149 cm³/mol. The Morgan fingerprint density at radius 1 is 1.14 bits per heavy atom. The zero-order chi connectivity index (χ0) is 29.7. The summed E-state index contributed by atoms with van der Waals surface area (Å²) in [5.41, 5.74) is 4.56. The Morgan fingerprint density at radius 3 is 2.74 bits per heavy atom. The van der Waals surface area contributed by atoms with Gasteiger partial charge in [0.05, 0.1) is 12.2 Å². The van der Waals surface area contributed by atoms with E-state index in [0.717, 1.165) is 38.5 Å². The van der Waals surface area contributed by atoms with Crippen LogP contribution < -0.4 is 15.4 Å². The molecule has 2 aliphatic rings. The van der Waals surface area contributed by atoms with E-state index in [1.54, 1.807) is 31.2 Å². The smallest absolute Gasteiger partial charge is 0.270 e. The van der Waals surface area contributed by atoms with Crippen molar-refractivity contribution >= 4 is 29.0 Å². The number of ketones is 2. The van der Waals surface area contributed by atoms with E-state index < -0.39 is 23.7 Å². The molecule has 2 aromatic heterocycles. The largest absolute Gasteiger partial charge is 0.483 e. The second kappa shape index (κ2) is 10.5. The quantitative estimate of drug-likeness (QED) is 0.339. The summed E-state index contributed by atoms with van der Waals surface area (Å²) < 4.78 is 21.3. The summed E-state index contributed by atoms with van der Waals surface area (Å²) in [6.07, 6.45) is 2.03. The maximum atomic E-state index is 14.6. The molecule has 214 valence electrons. The molecule has 1 aliphatic heterocycles. The lowest BCUT2D eigenvalue weighted by molar-refractivity contribution is -0.125. The van der Waals surface area contributed by atoms with E-state index in [2.05, 4.69) is 20.7 Å². The number of benzene rings is 2. The first-order chi connectivity index (χ1) is 20.1. The molecular weight excluding hydrogens is 541 g/mol. The standard InChI is InChI=1S/C31H28FN5O5/c1-15-20(16(2)38)5-6-22-21(15)7-8-24(22)36-31(41)26-12-25(35-29-23(32)14-34-37(26)29)30(40)33-13-18-4-9-28-19(10-18)11-27(39)17(3)42-28/h4-6,9-10,12,14,17,24H,7-8,11,13H2,1-3H3,(H,33,40)(H,36,41)/t17?,24-/m0/s1. The Balaban J connectivity index is 1.22. The number of fused-ring (bicyclic) bond motifs is 3. The van der Waals surface area contributed by atoms with Crippen LogP contribution in [0.5, 0.6) is 5.75 Å². The lowest BCUT2D eigenvalue weighted by atomic mass is 9.96. The summed E-state index contributed by atoms with van der Waals surface area (Å²) in [6.45, 7) is 5.26. The van der Waals surface area contributed by atoms with Crippen molar-refractivity contribution in [2.75, 3.05) is 0 Å². The first-order valence-electron chi connectivity index (χ1n) is 13.7. The Morgan fingerprint density at radius 2 is 1.95 bits per heavy atom. The molecule has 4 aromatic rings. The lowest BCUT2D eigenvalue weighted by Gasteiger charge is -2.22. The number of amides is 2. The second-order valence-corrected chi connectivity index (χ2v) is 10.7. The molecule has 10 nitrogen and oxygen atoms in total. The molecule has 3 heterocycles. The SMILES string of the molecule is CC(=O)c1ccc2c(c1C)CC[C@@H]2NC(=O)c1cc(C(=O)NCc2ccc3c(c2)CC(=O)C(C)O3)nc2c(F)cnn12. The topological polar surface area (TPSA) is 132 Å². The van der Waals surface area contributed by atoms with Crippen molar-refractivity contribution in [3.8, 4) is 5.75 Å². The lowest BCUT2D eigenvalue weighted by Crippen LogP contribution is -2.31. The molecule has 42 heavy (non-hydrogen) atoms. The van der Waals surface area contributed by atoms with Crippen LogP contribution in [0.15, 0.2) is 42.6 Å². The summed E-state index contributed by atoms with van der Waals surface area (Å²) in [5, 5.41) is 9.69. The summed E-state index contributed by atoms with van der Waals surface area (Å²) in [6, 6.07) is 9.93. The van der Waals surface area contributed by atoms with Crippen molar-refractivity contribution in [2.24, 2.45) is 0 Å². The summed E-state index contributed by atoms with van der Waals surface area (Å²) >= 11 is 0. The number of Topliss-reactive ketones (excluding diaryl/α,β-unsaturated/α-hetero) is 2. The highest BCUT2D eigenvalue weighted by Gasteiger charge is 2.29. The summed E-state index contributed by atoms with van der Waals surface area (Å²) in [7, 11) is 0. The highest BCUT2D eigenvalue weighted by Crippen LogP contribution is 2.35. The first kappa shape index (κ1) is 27.3. The molecule has 1 unspecified atom stereocenters. The van der Waals surface area contributed by atoms with E-state index in [1.165, 1.54) is 13.0 Å². The van der Waals surface area contributed by atoms with Crippen molar-refractivity contribution in [2.45, 2.75) is 58.7 Å². The molecule has 11 heteroatoms. The number of nitrogens with one attached hydrogen (secondary N) is 2. The second-order valence-electron chi connectivity index (χ2n) is 10.7. The van der Waals surface area contributed by atoms with E-state index in [9.17, 15) is 23.6 Å². The predicted octanol–water partition coefficient (Wildman–Crippen LogP) is 3.62. The zero-order valence-corrected chi connectivity index (χ0v) is 23.3. The third kappa shape index (κ3) is 4.80. The van der Waals surface area contributed by atoms with Gasteiger partial charge in [-0.2, -0.15) is 5.10 Å². The number of rotatable bonds is 6. The summed E-state index contributed by atoms with van der Waals surface area (Å²) in [4.78, 5) is 54.7. The third-order valence-electron chi connectivity index (χ3n) is 7.97. The average Bonchev–Trinajstić information content (AvgIpc) is 3.55. The van der Waals surface area contributed by atoms with Crippen LogP contribution in [0.25, 0.3) is 5.65 Å². The van der Waals surface area contributed by atoms with Gasteiger partial charge in [0.2, 0.25) is 0 Å². The van der Waals surface area contributed by atoms with Crippen LogP contribution in [-0.2, 0) is 24.2 Å². The van der Waals surface area contributed by atoms with Gasteiger partial charge in [-0.05, 0) is 68.0 Å². The van der Waals surface area contributed by atoms with Crippen molar-refractivity contribution in [1.82, 2.24) is 25.2 Å². The van der Waals surface area contributed by atoms with Crippen molar-refractivity contribution in [3.63, 3.8) is 0 Å². The van der Waals surface area contributed by atoms with Gasteiger partial charge >= 0.3 is 0 Å². The molecule has 0 bridgehead atoms. The van der Waals surface area contributed by atoms with Crippen LogP contribution in [0.4, 0.5) is 4.39 Å². The number of aromatic nitrogens is 3. The van der Waals surface area contributed by atoms with Crippen molar-refractivity contribution in [1.29, 1.82) is 0 Å². The third-order valence-corrected chi connectivity index (χ3v) is 7.97. The highest BCUT2D eigenvalue weighted by atomic mass is 19.1. The number of ether oxygens (including phenoxy) is 1. The zero-order valence-electron chi connectivity index (χ0n) is 23.3. The number of hydrogen-bond acceptors (Lipinski definition) is 7. The maximum Gasteiger partial charge on any atom is 0.270 e. The van der Waals surface area contributed by atoms with Crippen LogP contribution in [0.2, 0.25) is 0 Å². The fourth-order valence-corrected chi connectivity index (χ4v) is 5.71. The molecule has 6 rings (SSSR count). The Bertz CT molecular complexity index is 1810. The van der Waals surface area contributed by atoms with Gasteiger partial charge in [0.1, 0.15) is 17.1 Å². The van der Waals surface area contributed by atoms with Gasteiger partial charge < -0.3 is 15.4 Å². The monoisotopic (exact) mass is 569 g/mol. The maximum absolute atomic E-state index is 14.6. The molecule has 0 saturated carbocycles. The van der Waals surface area contributed by atoms with E-state index in [1.807, 2.05) is 13.0 Å².